The second kappa shape index (κ2) is 16.9. The summed E-state index contributed by atoms with van der Waals surface area (Å²) in [6.07, 6.45) is 12.6. The molecule has 6 saturated carbocycles. The van der Waals surface area contributed by atoms with Gasteiger partial charge in [-0.15, -0.1) is 5.92 Å². The summed E-state index contributed by atoms with van der Waals surface area (Å²) in [7, 11) is 1.92. The number of allylic oxidation sites excluding steroid dienone is 4. The third-order valence-electron chi connectivity index (χ3n) is 20.5. The van der Waals surface area contributed by atoms with Crippen LogP contribution in [0.25, 0.3) is 0 Å². The van der Waals surface area contributed by atoms with Crippen molar-refractivity contribution in [2.75, 3.05) is 25.1 Å². The van der Waals surface area contributed by atoms with Crippen molar-refractivity contribution in [3.8, 4) is 11.8 Å². The molecule has 8 aliphatic rings. The highest BCUT2D eigenvalue weighted by molar-refractivity contribution is 5.93. The Morgan fingerprint density at radius 2 is 1.80 bits per heavy atom. The number of aliphatic hydroxyl groups is 3. The van der Waals surface area contributed by atoms with Crippen molar-refractivity contribution in [2.24, 2.45) is 69.5 Å². The summed E-state index contributed by atoms with van der Waals surface area (Å²) in [5, 5.41) is 45.6. The Hall–Kier alpha value is -3.03. The third-order valence-corrected chi connectivity index (χ3v) is 20.5. The van der Waals surface area contributed by atoms with Gasteiger partial charge in [0.1, 0.15) is 11.4 Å². The molecule has 9 heteroatoms. The molecule has 4 N–H and O–H groups in total. The second-order valence-electron chi connectivity index (χ2n) is 23.2. The van der Waals surface area contributed by atoms with Gasteiger partial charge in [-0.2, -0.15) is 0 Å². The summed E-state index contributed by atoms with van der Waals surface area (Å²) in [6.45, 7) is 14.0. The number of benzene rings is 1. The predicted molar refractivity (Wildman–Crippen MR) is 247 cm³/mol. The van der Waals surface area contributed by atoms with Crippen molar-refractivity contribution >= 4 is 17.4 Å². The molecule has 2 unspecified atom stereocenters. The number of hydrogen-bond donors (Lipinski definition) is 4. The monoisotopic (exact) mass is 882 g/mol. The molecular formula is C55H76FNO7. The van der Waals surface area contributed by atoms with Crippen LogP contribution < -0.4 is 4.90 Å². The zero-order valence-corrected chi connectivity index (χ0v) is 39.7. The van der Waals surface area contributed by atoms with Crippen molar-refractivity contribution < 1.29 is 39.1 Å². The Morgan fingerprint density at radius 1 is 1.02 bits per heavy atom. The van der Waals surface area contributed by atoms with Crippen LogP contribution in [0.1, 0.15) is 149 Å². The number of aliphatic carboxylic acids is 1. The highest BCUT2D eigenvalue weighted by Crippen LogP contribution is 2.70. The number of carboxylic acids is 1. The number of aliphatic hydroxyl groups excluding tert-OH is 2. The quantitative estimate of drug-likeness (QED) is 0.171. The maximum atomic E-state index is 16.5. The van der Waals surface area contributed by atoms with Crippen LogP contribution in [-0.4, -0.2) is 76.3 Å². The molecule has 0 bridgehead atoms. The molecule has 1 aromatic rings. The van der Waals surface area contributed by atoms with E-state index in [1.807, 2.05) is 31.0 Å². The van der Waals surface area contributed by atoms with Gasteiger partial charge in [-0.05, 0) is 189 Å². The number of ketones is 1. The topological polar surface area (TPSA) is 128 Å². The van der Waals surface area contributed by atoms with Crippen molar-refractivity contribution in [3.05, 3.63) is 52.4 Å². The van der Waals surface area contributed by atoms with E-state index in [1.165, 1.54) is 11.1 Å². The number of fused-ring (bicyclic) bond motifs is 9. The summed E-state index contributed by atoms with van der Waals surface area (Å²) >= 11 is 0. The molecule has 1 aromatic carbocycles. The molecule has 0 amide bonds. The lowest BCUT2D eigenvalue weighted by Crippen LogP contribution is -2.62. The Bertz CT molecular complexity index is 2140. The fraction of sp³-hybridized carbons (Fsp3) is 0.745. The average Bonchev–Trinajstić information content (AvgIpc) is 3.70. The lowest BCUT2D eigenvalue weighted by atomic mass is 9.43. The van der Waals surface area contributed by atoms with Crippen LogP contribution in [0.15, 0.2) is 41.0 Å². The standard InChI is InChI=1S/C55H76FNO7/c1-8-20-55(63)32(3)24-43-39-13-10-33-25-36(58)12-14-38(33)50(39)40(30-53(43,55)5)34-11-17-46(45(56)26-34)57(7)22-23-64-37-19-21-52(4)35(27-37)28-47(59)51-42-16-15-41(31(2)9-18-49(61)62)54(42,6)48(60)29-44(51)52/h11,17,25-26,31-32,35,37,39-44,47-48,51,59-60,63H,9-10,12-16,18-19,21-24,27-30H2,1-7H3,(H,61,62)/t31-,32-,35+,37+,39?,40-,41-,42+,43?,44+,47-,48+,51+,52+,53+,54-,55+/m1/s1. The number of carbonyl (C=O) groups is 2. The van der Waals surface area contributed by atoms with E-state index in [0.29, 0.717) is 50.4 Å². The maximum Gasteiger partial charge on any atom is 0.303 e. The normalized spacial score (nSPS) is 43.9. The first kappa shape index (κ1) is 46.1. The SMILES string of the molecule is CC#C[C@]1(O)[C@H](C)CC2C3CCC4=CC(=O)CCC4=C3[C@@H](c3ccc(N(C)CCO[C@H]4CC[C@@]5(C)[C@@H](C4)C[C@@H](O)[C@@H]4[C@@H]5C[C@H](O)[C@]5(C)[C@@H]([C@H](C)CCC(=O)O)CC[C@@H]45)c(F)c3)C[C@@]21C. The number of carbonyl (C=O) groups excluding carboxylic acids is 1. The van der Waals surface area contributed by atoms with E-state index in [9.17, 15) is 30.0 Å². The van der Waals surface area contributed by atoms with Crippen LogP contribution in [0.3, 0.4) is 0 Å². The van der Waals surface area contributed by atoms with Crippen LogP contribution in [-0.2, 0) is 14.3 Å². The van der Waals surface area contributed by atoms with E-state index >= 15 is 4.39 Å². The van der Waals surface area contributed by atoms with Crippen molar-refractivity contribution in [3.63, 3.8) is 0 Å². The molecule has 0 aliphatic heterocycles. The Labute approximate surface area is 381 Å². The van der Waals surface area contributed by atoms with Gasteiger partial charge in [-0.25, -0.2) is 4.39 Å². The molecule has 8 nitrogen and oxygen atoms in total. The highest BCUT2D eigenvalue weighted by atomic mass is 19.1. The number of rotatable bonds is 10. The van der Waals surface area contributed by atoms with Gasteiger partial charge in [0.2, 0.25) is 0 Å². The van der Waals surface area contributed by atoms with Gasteiger partial charge in [0.05, 0.1) is 30.6 Å². The summed E-state index contributed by atoms with van der Waals surface area (Å²) in [4.78, 5) is 25.9. The average molecular weight is 882 g/mol. The van der Waals surface area contributed by atoms with Crippen molar-refractivity contribution in [1.29, 1.82) is 0 Å². The molecule has 64 heavy (non-hydrogen) atoms. The van der Waals surface area contributed by atoms with E-state index in [4.69, 9.17) is 4.74 Å². The Morgan fingerprint density at radius 3 is 2.53 bits per heavy atom. The minimum absolute atomic E-state index is 0.0101. The van der Waals surface area contributed by atoms with Gasteiger partial charge < -0.3 is 30.1 Å². The first-order chi connectivity index (χ1) is 30.3. The van der Waals surface area contributed by atoms with Crippen LogP contribution >= 0.6 is 0 Å². The van der Waals surface area contributed by atoms with Gasteiger partial charge in [0.15, 0.2) is 5.78 Å². The number of anilines is 1. The first-order valence-corrected chi connectivity index (χ1v) is 25.2. The second-order valence-corrected chi connectivity index (χ2v) is 23.2. The van der Waals surface area contributed by atoms with Crippen LogP contribution in [0.4, 0.5) is 10.1 Å². The Balaban J connectivity index is 0.863. The van der Waals surface area contributed by atoms with E-state index in [-0.39, 0.29) is 88.2 Å². The summed E-state index contributed by atoms with van der Waals surface area (Å²) < 4.78 is 23.1. The highest BCUT2D eigenvalue weighted by Gasteiger charge is 2.67. The van der Waals surface area contributed by atoms with Crippen LogP contribution in [0.5, 0.6) is 0 Å². The van der Waals surface area contributed by atoms with Crippen molar-refractivity contribution in [1.82, 2.24) is 0 Å². The number of likely N-dealkylation sites (N-methyl/N-ethyl adjacent to an activating group) is 1. The molecule has 0 spiro atoms. The van der Waals surface area contributed by atoms with E-state index in [1.54, 1.807) is 6.07 Å². The molecule has 350 valence electrons. The lowest BCUT2D eigenvalue weighted by Gasteiger charge is -2.63. The minimum Gasteiger partial charge on any atom is -0.481 e. The molecule has 0 saturated heterocycles. The lowest BCUT2D eigenvalue weighted by molar-refractivity contribution is -0.209. The van der Waals surface area contributed by atoms with Gasteiger partial charge in [-0.1, -0.05) is 52.2 Å². The predicted octanol–water partition coefficient (Wildman–Crippen LogP) is 9.65. The Kier molecular flexibility index (Phi) is 12.2. The van der Waals surface area contributed by atoms with E-state index < -0.39 is 29.2 Å². The van der Waals surface area contributed by atoms with Gasteiger partial charge in [-0.3, -0.25) is 9.59 Å². The fourth-order valence-corrected chi connectivity index (χ4v) is 17.1. The molecule has 8 aliphatic carbocycles. The fourth-order valence-electron chi connectivity index (χ4n) is 17.1. The minimum atomic E-state index is -1.13. The van der Waals surface area contributed by atoms with Gasteiger partial charge in [0, 0.05) is 37.8 Å². The molecule has 9 rings (SSSR count). The summed E-state index contributed by atoms with van der Waals surface area (Å²) in [6, 6.07) is 5.72. The van der Waals surface area contributed by atoms with E-state index in [0.717, 1.165) is 75.3 Å². The molecule has 17 atom stereocenters. The van der Waals surface area contributed by atoms with Gasteiger partial charge >= 0.3 is 5.97 Å². The van der Waals surface area contributed by atoms with Gasteiger partial charge in [0.25, 0.3) is 0 Å². The smallest absolute Gasteiger partial charge is 0.303 e. The van der Waals surface area contributed by atoms with Crippen LogP contribution in [0, 0.1) is 87.2 Å². The number of nitrogens with zero attached hydrogens (tertiary/aromatic N) is 1. The van der Waals surface area contributed by atoms with Crippen molar-refractivity contribution in [2.45, 2.75) is 168 Å². The summed E-state index contributed by atoms with van der Waals surface area (Å²) in [5.74, 6) is 7.35. The largest absolute Gasteiger partial charge is 0.481 e. The maximum absolute atomic E-state index is 16.5. The molecule has 0 aromatic heterocycles. The van der Waals surface area contributed by atoms with Crippen LogP contribution in [0.2, 0.25) is 0 Å². The first-order valence-electron chi connectivity index (χ1n) is 25.2. The number of carboxylic acid groups (broad SMARTS) is 1. The zero-order chi connectivity index (χ0) is 45.7. The molecule has 0 radical (unpaired) electrons. The zero-order valence-electron chi connectivity index (χ0n) is 39.7. The number of hydrogen-bond acceptors (Lipinski definition) is 7. The molecular weight excluding hydrogens is 806 g/mol. The third kappa shape index (κ3) is 7.19. The number of ether oxygens (including phenoxy) is 1. The van der Waals surface area contributed by atoms with E-state index in [2.05, 4.69) is 52.5 Å². The number of halogens is 1. The molecule has 0 heterocycles. The molecule has 6 fully saturated rings. The summed E-state index contributed by atoms with van der Waals surface area (Å²) in [5.41, 5.74) is 3.41.